The number of halogens is 5. The summed E-state index contributed by atoms with van der Waals surface area (Å²) in [5, 5.41) is 34.8. The van der Waals surface area contributed by atoms with Crippen LogP contribution in [0.1, 0.15) is 151 Å². The molecule has 0 bridgehead atoms. The van der Waals surface area contributed by atoms with Gasteiger partial charge >= 0.3 is 0 Å². The number of aryl methyl sites for hydroxylation is 2. The van der Waals surface area contributed by atoms with E-state index in [2.05, 4.69) is 123 Å². The molecule has 8 aromatic carbocycles. The largest absolute Gasteiger partial charge is 0.391 e. The Hall–Kier alpha value is -11.6. The van der Waals surface area contributed by atoms with Gasteiger partial charge in [-0.2, -0.15) is 4.98 Å². The molecule has 606 valence electrons. The lowest BCUT2D eigenvalue weighted by molar-refractivity contribution is 0.0714. The minimum atomic E-state index is -0.438. The fourth-order valence-corrected chi connectivity index (χ4v) is 16.2. The fraction of sp³-hybridized carbons (Fsp3) is 0.261. The lowest BCUT2D eigenvalue weighted by Gasteiger charge is -2.28. The summed E-state index contributed by atoms with van der Waals surface area (Å²) in [6.45, 7) is 14.7. The monoisotopic (exact) mass is 1660 g/mol. The summed E-state index contributed by atoms with van der Waals surface area (Å²) in [5.41, 5.74) is 14.0. The van der Waals surface area contributed by atoms with Crippen LogP contribution in [0.15, 0.2) is 205 Å². The van der Waals surface area contributed by atoms with Gasteiger partial charge in [0.1, 0.15) is 34.3 Å². The van der Waals surface area contributed by atoms with Crippen LogP contribution in [0.5, 0.6) is 0 Å². The topological polar surface area (TPSA) is 291 Å². The minimum Gasteiger partial charge on any atom is -0.391 e. The number of hydrogen-bond acceptors (Lipinski definition) is 11. The molecule has 1 saturated carbocycles. The van der Waals surface area contributed by atoms with Gasteiger partial charge in [-0.1, -0.05) is 139 Å². The Labute approximate surface area is 701 Å². The zero-order valence-electron chi connectivity index (χ0n) is 65.9. The Balaban J connectivity index is 0.000000122. The molecule has 26 heteroatoms. The first-order chi connectivity index (χ1) is 57.0. The van der Waals surface area contributed by atoms with E-state index in [1.807, 2.05) is 129 Å². The first-order valence-corrected chi connectivity index (χ1v) is 41.1. The number of aromatic nitrogens is 8. The van der Waals surface area contributed by atoms with Gasteiger partial charge < -0.3 is 65.6 Å². The van der Waals surface area contributed by atoms with Gasteiger partial charge in [-0.25, -0.2) is 4.39 Å². The Morgan fingerprint density at radius 1 is 0.585 bits per heavy atom. The average Bonchev–Trinajstić information content (AvgIpc) is 0.943. The summed E-state index contributed by atoms with van der Waals surface area (Å²) in [4.78, 5) is 90.7. The highest BCUT2D eigenvalue weighted by atomic mass is 35.5. The van der Waals surface area contributed by atoms with Gasteiger partial charge in [0.25, 0.3) is 29.5 Å². The summed E-state index contributed by atoms with van der Waals surface area (Å²) in [5.74, 6) is 1.14. The molecule has 3 atom stereocenters. The number of nitrogens with zero attached hydrogens (tertiary/aromatic N) is 5. The predicted octanol–water partition coefficient (Wildman–Crippen LogP) is 19.4. The maximum atomic E-state index is 13.3. The maximum absolute atomic E-state index is 13.3. The molecule has 1 saturated heterocycles. The van der Waals surface area contributed by atoms with Crippen molar-refractivity contribution in [1.82, 2.24) is 65.8 Å². The molecule has 10 N–H and O–H groups in total. The lowest BCUT2D eigenvalue weighted by Crippen LogP contribution is -2.45. The highest BCUT2D eigenvalue weighted by Crippen LogP contribution is 2.32. The number of aliphatic hydroxyl groups is 1. The number of anilines is 1. The lowest BCUT2D eigenvalue weighted by atomic mass is 9.92. The Morgan fingerprint density at radius 3 is 1.69 bits per heavy atom. The minimum absolute atomic E-state index is 0.0647. The normalized spacial score (nSPS) is 15.2. The van der Waals surface area contributed by atoms with Crippen LogP contribution in [0.25, 0.3) is 65.3 Å². The SMILES string of the molecule is CCN(Cc1noc(CC(C)C)n1)C(=O)c1cc2cc(Cl)ccc2[nH]1.Cc1ccccc1C1CCN(CCNC(=O)c2cc3cc(Cl)ccc3[nH]2)C1.Cc1nccc2c(NC(=O)c3cc4cc(F)ccc4[nH]3)cccc12.O=C(NC1CCCCC1O)c1cc2cc(Cl)ccc2[nH]1.O=C(NC1Cc2ccccc2C1)c1cc2cc(Cl)ccc2[nH]1. The van der Waals surface area contributed by atoms with Gasteiger partial charge in [0.2, 0.25) is 5.89 Å². The molecule has 0 spiro atoms. The van der Waals surface area contributed by atoms with Crippen LogP contribution < -0.4 is 21.3 Å². The summed E-state index contributed by atoms with van der Waals surface area (Å²) in [7, 11) is 0. The molecule has 3 aliphatic rings. The third kappa shape index (κ3) is 20.7. The molecule has 5 amide bonds. The summed E-state index contributed by atoms with van der Waals surface area (Å²) >= 11 is 23.9. The molecule has 18 rings (SSSR count). The molecular weight excluding hydrogens is 1570 g/mol. The molecule has 3 unspecified atom stereocenters. The van der Waals surface area contributed by atoms with E-state index in [4.69, 9.17) is 50.9 Å². The number of likely N-dealkylation sites (tertiary alicyclic amines) is 1. The molecule has 15 aromatic rings. The van der Waals surface area contributed by atoms with Crippen molar-refractivity contribution < 1.29 is 38.0 Å². The second-order valence-corrected chi connectivity index (χ2v) is 32.3. The van der Waals surface area contributed by atoms with Gasteiger partial charge in [0.15, 0.2) is 5.82 Å². The van der Waals surface area contributed by atoms with Crippen molar-refractivity contribution in [2.75, 3.05) is 38.0 Å². The molecule has 2 fully saturated rings. The number of aliphatic hydroxyl groups excluding tert-OH is 1. The van der Waals surface area contributed by atoms with Crippen LogP contribution in [0.2, 0.25) is 20.1 Å². The van der Waals surface area contributed by atoms with E-state index in [0.29, 0.717) is 103 Å². The first kappa shape index (κ1) is 82.9. The number of H-pyrrole nitrogens is 5. The van der Waals surface area contributed by atoms with Gasteiger partial charge in [0.05, 0.1) is 18.7 Å². The molecule has 0 radical (unpaired) electrons. The Bertz CT molecular complexity index is 6120. The van der Waals surface area contributed by atoms with Crippen LogP contribution in [0.3, 0.4) is 0 Å². The molecule has 7 aromatic heterocycles. The van der Waals surface area contributed by atoms with Crippen LogP contribution in [-0.4, -0.2) is 135 Å². The van der Waals surface area contributed by atoms with Crippen LogP contribution >= 0.6 is 46.4 Å². The molecular formula is C92H91Cl4FN14O7. The van der Waals surface area contributed by atoms with Gasteiger partial charge in [0, 0.05) is 142 Å². The standard InChI is InChI=1S/C22H24ClN3O.C19H14FN3O.C18H21ClN4O2.C18H15ClN2O.C15H17ClN2O2/c1-15-4-2-3-5-19(15)16-8-10-26(14-16)11-9-24-22(27)21-13-17-12-18(23)6-7-20(17)25-21;1-11-14-3-2-4-17(15(14)7-8-21-11)23-19(24)18-10-12-9-13(20)5-6-16(12)22-18;1-4-23(10-16-21-17(25-22-16)7-11(2)3)18(24)15-9-12-8-13(19)5-6-14(12)20-15;19-14-5-6-16-13(7-14)10-17(21-16)18(22)20-15-8-11-3-1-2-4-12(11)9-15;16-10-5-6-11-9(7-10)8-13(17-11)15(20)18-12-3-1-2-4-14(12)19/h2-7,12-13,16,25H,8-11,14H2,1H3,(H,24,27);2-10,22H,1H3,(H,23,24);5-6,8-9,11,20H,4,7,10H2,1-3H3;1-7,10,15,21H,8-9H2,(H,20,22);5-8,12,14,17,19H,1-4H2,(H,18,20). The second-order valence-electron chi connectivity index (χ2n) is 30.5. The summed E-state index contributed by atoms with van der Waals surface area (Å²) in [6.07, 6.45) is 8.65. The first-order valence-electron chi connectivity index (χ1n) is 39.6. The fourth-order valence-electron chi connectivity index (χ4n) is 15.4. The van der Waals surface area contributed by atoms with E-state index in [0.717, 1.165) is 130 Å². The predicted molar refractivity (Wildman–Crippen MR) is 467 cm³/mol. The third-order valence-electron chi connectivity index (χ3n) is 21.5. The van der Waals surface area contributed by atoms with Crippen molar-refractivity contribution >= 4 is 147 Å². The number of pyridine rings is 1. The second kappa shape index (κ2) is 37.8. The van der Waals surface area contributed by atoms with Crippen molar-refractivity contribution in [2.24, 2.45) is 5.92 Å². The van der Waals surface area contributed by atoms with E-state index >= 15 is 0 Å². The number of fused-ring (bicyclic) bond motifs is 7. The molecule has 1 aliphatic heterocycles. The maximum Gasteiger partial charge on any atom is 0.272 e. The van der Waals surface area contributed by atoms with Crippen molar-refractivity contribution in [3.05, 3.63) is 294 Å². The zero-order chi connectivity index (χ0) is 82.7. The van der Waals surface area contributed by atoms with E-state index in [-0.39, 0.29) is 47.4 Å². The molecule has 118 heavy (non-hydrogen) atoms. The van der Waals surface area contributed by atoms with Crippen molar-refractivity contribution in [3.8, 4) is 0 Å². The van der Waals surface area contributed by atoms with E-state index < -0.39 is 6.10 Å². The summed E-state index contributed by atoms with van der Waals surface area (Å²) < 4.78 is 18.5. The zero-order valence-corrected chi connectivity index (χ0v) is 68.9. The number of aromatic amines is 5. The molecule has 8 heterocycles. The van der Waals surface area contributed by atoms with Crippen LogP contribution in [0, 0.1) is 25.6 Å². The highest BCUT2D eigenvalue weighted by Gasteiger charge is 2.29. The average molecular weight is 1670 g/mol. The van der Waals surface area contributed by atoms with Crippen molar-refractivity contribution in [1.29, 1.82) is 0 Å². The van der Waals surface area contributed by atoms with E-state index in [9.17, 15) is 33.5 Å². The van der Waals surface area contributed by atoms with Gasteiger partial charge in [-0.05, 0) is 227 Å². The Kier molecular flexibility index (Phi) is 26.5. The quantitative estimate of drug-likeness (QED) is 0.0409. The third-order valence-corrected chi connectivity index (χ3v) is 22.5. The number of carbonyl (C=O) groups excluding carboxylic acids is 5. The van der Waals surface area contributed by atoms with Crippen molar-refractivity contribution in [2.45, 2.75) is 117 Å². The number of nitrogens with one attached hydrogen (secondary N) is 9. The number of rotatable bonds is 17. The van der Waals surface area contributed by atoms with E-state index in [1.54, 1.807) is 41.4 Å². The number of hydrogen-bond donors (Lipinski definition) is 10. The summed E-state index contributed by atoms with van der Waals surface area (Å²) in [6, 6.07) is 60.0. The number of benzene rings is 8. The molecule has 2 aliphatic carbocycles. The highest BCUT2D eigenvalue weighted by molar-refractivity contribution is 6.32. The van der Waals surface area contributed by atoms with E-state index in [1.165, 1.54) is 40.8 Å². The van der Waals surface area contributed by atoms with Gasteiger partial charge in [-0.15, -0.1) is 0 Å². The molecule has 21 nitrogen and oxygen atoms in total. The van der Waals surface area contributed by atoms with Gasteiger partial charge in [-0.3, -0.25) is 29.0 Å². The Morgan fingerprint density at radius 2 is 1.11 bits per heavy atom. The number of amides is 5. The van der Waals surface area contributed by atoms with Crippen LogP contribution in [0.4, 0.5) is 10.1 Å². The van der Waals surface area contributed by atoms with Crippen molar-refractivity contribution in [3.63, 3.8) is 0 Å². The van der Waals surface area contributed by atoms with Crippen LogP contribution in [-0.2, 0) is 25.8 Å². The number of carbonyl (C=O) groups is 5. The smallest absolute Gasteiger partial charge is 0.272 e.